The van der Waals surface area contributed by atoms with Gasteiger partial charge in [0.25, 0.3) is 0 Å². The molecule has 0 spiro atoms. The van der Waals surface area contributed by atoms with Gasteiger partial charge in [-0.1, -0.05) is 13.3 Å². The average Bonchev–Trinajstić information content (AvgIpc) is 2.34. The van der Waals surface area contributed by atoms with Gasteiger partial charge < -0.3 is 20.1 Å². The fourth-order valence-corrected chi connectivity index (χ4v) is 1.42. The summed E-state index contributed by atoms with van der Waals surface area (Å²) >= 11 is 0. The van der Waals surface area contributed by atoms with Crippen molar-refractivity contribution in [3.05, 3.63) is 0 Å². The molecule has 0 radical (unpaired) electrons. The Bertz CT molecular complexity index is 139. The van der Waals surface area contributed by atoms with E-state index >= 15 is 0 Å². The van der Waals surface area contributed by atoms with Gasteiger partial charge in [0.1, 0.15) is 18.3 Å². The minimum Gasteiger partial charge on any atom is -0.390 e. The molecule has 1 fully saturated rings. The van der Waals surface area contributed by atoms with Gasteiger partial charge in [0.05, 0.1) is 12.7 Å². The Hall–Kier alpha value is -0.160. The van der Waals surface area contributed by atoms with Crippen LogP contribution in [-0.2, 0) is 4.74 Å². The first-order valence-electron chi connectivity index (χ1n) is 4.32. The van der Waals surface area contributed by atoms with Gasteiger partial charge in [-0.25, -0.2) is 0 Å². The highest BCUT2D eigenvalue weighted by molar-refractivity contribution is 4.87. The molecular weight excluding hydrogens is 160 g/mol. The van der Waals surface area contributed by atoms with Crippen molar-refractivity contribution in [2.75, 3.05) is 6.61 Å². The number of aliphatic hydroxyl groups is 3. The first-order valence-corrected chi connectivity index (χ1v) is 4.32. The van der Waals surface area contributed by atoms with E-state index in [9.17, 15) is 10.2 Å². The monoisotopic (exact) mass is 176 g/mol. The largest absolute Gasteiger partial charge is 0.390 e. The number of ether oxygens (including phenoxy) is 1. The summed E-state index contributed by atoms with van der Waals surface area (Å²) in [6.45, 7) is 2.06. The summed E-state index contributed by atoms with van der Waals surface area (Å²) in [5.74, 6) is 0. The number of aliphatic hydroxyl groups excluding tert-OH is 3. The fraction of sp³-hybridized carbons (Fsp3) is 1.00. The summed E-state index contributed by atoms with van der Waals surface area (Å²) in [4.78, 5) is 0. The molecule has 1 rings (SSSR count). The highest BCUT2D eigenvalue weighted by atomic mass is 16.5. The van der Waals surface area contributed by atoms with Gasteiger partial charge in [-0.2, -0.15) is 0 Å². The van der Waals surface area contributed by atoms with Crippen molar-refractivity contribution in [2.45, 2.75) is 44.2 Å². The smallest absolute Gasteiger partial charge is 0.112 e. The summed E-state index contributed by atoms with van der Waals surface area (Å²) in [5.41, 5.74) is 0. The highest BCUT2D eigenvalue weighted by Gasteiger charge is 2.38. The van der Waals surface area contributed by atoms with Crippen LogP contribution in [0, 0.1) is 0 Å². The van der Waals surface area contributed by atoms with Crippen molar-refractivity contribution in [2.24, 2.45) is 0 Å². The lowest BCUT2D eigenvalue weighted by molar-refractivity contribution is -0.0532. The van der Waals surface area contributed by atoms with Crippen molar-refractivity contribution >= 4 is 0 Å². The zero-order valence-electron chi connectivity index (χ0n) is 7.18. The Balaban J connectivity index is 2.41. The third kappa shape index (κ3) is 1.95. The molecule has 0 aromatic rings. The van der Waals surface area contributed by atoms with Crippen LogP contribution < -0.4 is 0 Å². The van der Waals surface area contributed by atoms with Crippen molar-refractivity contribution < 1.29 is 20.1 Å². The summed E-state index contributed by atoms with van der Waals surface area (Å²) in [7, 11) is 0. The number of hydrogen-bond donors (Lipinski definition) is 3. The Kier molecular flexibility index (Phi) is 3.46. The third-order valence-corrected chi connectivity index (χ3v) is 2.15. The van der Waals surface area contributed by atoms with Crippen molar-refractivity contribution in [3.8, 4) is 0 Å². The van der Waals surface area contributed by atoms with Crippen molar-refractivity contribution in [1.29, 1.82) is 0 Å². The molecule has 0 bridgehead atoms. The lowest BCUT2D eigenvalue weighted by Gasteiger charge is -2.20. The van der Waals surface area contributed by atoms with Crippen LogP contribution in [0.15, 0.2) is 0 Å². The minimum atomic E-state index is -0.938. The van der Waals surface area contributed by atoms with Crippen LogP contribution in [0.4, 0.5) is 0 Å². The molecule has 0 amide bonds. The molecule has 4 heteroatoms. The predicted octanol–water partition coefficient (Wildman–Crippen LogP) is -0.732. The van der Waals surface area contributed by atoms with E-state index in [2.05, 4.69) is 0 Å². The van der Waals surface area contributed by atoms with Crippen LogP contribution in [0.25, 0.3) is 0 Å². The molecule has 1 unspecified atom stereocenters. The first-order chi connectivity index (χ1) is 5.66. The molecule has 1 aliphatic heterocycles. The molecule has 0 aliphatic carbocycles. The molecule has 0 saturated carbocycles. The summed E-state index contributed by atoms with van der Waals surface area (Å²) < 4.78 is 5.04. The second-order valence-corrected chi connectivity index (χ2v) is 3.21. The van der Waals surface area contributed by atoms with E-state index in [0.717, 1.165) is 6.42 Å². The SMILES string of the molecule is CCCC(O)[C@H]1OC[C@H](O)[C@H]1O. The van der Waals surface area contributed by atoms with Gasteiger partial charge in [-0.3, -0.25) is 0 Å². The molecule has 4 nitrogen and oxygen atoms in total. The number of hydrogen-bond acceptors (Lipinski definition) is 4. The molecule has 1 heterocycles. The van der Waals surface area contributed by atoms with E-state index < -0.39 is 24.4 Å². The Morgan fingerprint density at radius 2 is 2.17 bits per heavy atom. The number of rotatable bonds is 3. The topological polar surface area (TPSA) is 69.9 Å². The molecule has 0 aromatic heterocycles. The van der Waals surface area contributed by atoms with E-state index in [-0.39, 0.29) is 6.61 Å². The molecule has 12 heavy (non-hydrogen) atoms. The summed E-state index contributed by atoms with van der Waals surface area (Å²) in [6.07, 6.45) is -1.63. The second-order valence-electron chi connectivity index (χ2n) is 3.21. The van der Waals surface area contributed by atoms with E-state index in [0.29, 0.717) is 6.42 Å². The average molecular weight is 176 g/mol. The predicted molar refractivity (Wildman–Crippen MR) is 42.7 cm³/mol. The molecule has 3 N–H and O–H groups in total. The Morgan fingerprint density at radius 3 is 2.58 bits per heavy atom. The maximum absolute atomic E-state index is 9.44. The van der Waals surface area contributed by atoms with Gasteiger partial charge in [0, 0.05) is 0 Å². The molecule has 0 aromatic carbocycles. The molecule has 1 saturated heterocycles. The maximum atomic E-state index is 9.44. The second kappa shape index (κ2) is 4.18. The van der Waals surface area contributed by atoms with E-state index in [4.69, 9.17) is 9.84 Å². The lowest BCUT2D eigenvalue weighted by atomic mass is 10.0. The lowest BCUT2D eigenvalue weighted by Crippen LogP contribution is -2.38. The summed E-state index contributed by atoms with van der Waals surface area (Å²) in [5, 5.41) is 27.9. The Labute approximate surface area is 71.8 Å². The standard InChI is InChI=1S/C8H16O4/c1-2-3-5(9)8-7(11)6(10)4-12-8/h5-11H,2-4H2,1H3/t5?,6-,7+,8+/m0/s1. The minimum absolute atomic E-state index is 0.118. The van der Waals surface area contributed by atoms with Crippen LogP contribution in [0.1, 0.15) is 19.8 Å². The van der Waals surface area contributed by atoms with Crippen LogP contribution >= 0.6 is 0 Å². The molecule has 72 valence electrons. The van der Waals surface area contributed by atoms with Crippen molar-refractivity contribution in [1.82, 2.24) is 0 Å². The maximum Gasteiger partial charge on any atom is 0.112 e. The normalized spacial score (nSPS) is 38.5. The van der Waals surface area contributed by atoms with Crippen LogP contribution in [-0.4, -0.2) is 46.3 Å². The van der Waals surface area contributed by atoms with Gasteiger partial charge in [0.2, 0.25) is 0 Å². The van der Waals surface area contributed by atoms with Gasteiger partial charge in [-0.05, 0) is 6.42 Å². The summed E-state index contributed by atoms with van der Waals surface area (Å²) in [6, 6.07) is 0. The van der Waals surface area contributed by atoms with Crippen LogP contribution in [0.2, 0.25) is 0 Å². The quantitative estimate of drug-likeness (QED) is 0.530. The van der Waals surface area contributed by atoms with Gasteiger partial charge >= 0.3 is 0 Å². The molecular formula is C8H16O4. The van der Waals surface area contributed by atoms with Crippen LogP contribution in [0.3, 0.4) is 0 Å². The van der Waals surface area contributed by atoms with E-state index in [1.165, 1.54) is 0 Å². The third-order valence-electron chi connectivity index (χ3n) is 2.15. The Morgan fingerprint density at radius 1 is 1.50 bits per heavy atom. The van der Waals surface area contributed by atoms with Crippen LogP contribution in [0.5, 0.6) is 0 Å². The van der Waals surface area contributed by atoms with Gasteiger partial charge in [0.15, 0.2) is 0 Å². The first kappa shape index (κ1) is 9.92. The highest BCUT2D eigenvalue weighted by Crippen LogP contribution is 2.19. The van der Waals surface area contributed by atoms with E-state index in [1.54, 1.807) is 0 Å². The fourth-order valence-electron chi connectivity index (χ4n) is 1.42. The molecule has 1 aliphatic rings. The van der Waals surface area contributed by atoms with Gasteiger partial charge in [-0.15, -0.1) is 0 Å². The van der Waals surface area contributed by atoms with E-state index in [1.807, 2.05) is 6.92 Å². The molecule has 4 atom stereocenters. The van der Waals surface area contributed by atoms with Crippen molar-refractivity contribution in [3.63, 3.8) is 0 Å². The zero-order chi connectivity index (χ0) is 9.14. The zero-order valence-corrected chi connectivity index (χ0v) is 7.18.